The van der Waals surface area contributed by atoms with E-state index in [1.165, 1.54) is 7.11 Å². The number of halogens is 2. The van der Waals surface area contributed by atoms with E-state index in [1.54, 1.807) is 17.6 Å². The Morgan fingerprint density at radius 3 is 2.06 bits per heavy atom. The number of carbonyl (C=O) groups is 3. The third-order valence-electron chi connectivity index (χ3n) is 5.15. The second-order valence-electron chi connectivity index (χ2n) is 7.62. The molecule has 0 heterocycles. The molecule has 178 valence electrons. The number of methoxy groups -OCH3 is 1. The second kappa shape index (κ2) is 13.8. The Morgan fingerprint density at radius 1 is 0.879 bits per heavy atom. The lowest BCUT2D eigenvalue weighted by molar-refractivity contribution is -0.145. The zero-order valence-corrected chi connectivity index (χ0v) is 19.9. The Hall–Kier alpha value is -2.61. The number of carbonyl (C=O) groups excluding carboxylic acids is 3. The van der Waals surface area contributed by atoms with Crippen LogP contribution in [0.4, 0.5) is 0 Å². The second-order valence-corrected chi connectivity index (χ2v) is 8.44. The zero-order valence-electron chi connectivity index (χ0n) is 18.4. The standard InChI is InChI=1S/C24H28Cl2N2O5/c1-33-24(31)21(27-22(29)6-4-2-3-5-7-23(30)28-32)14-16-8-10-17(11-9-16)18-12-13-19(25)20(26)15-18/h8-13,15,21,32H,2-7,14H2,1H3,(H,27,29)(H,28,30)/t21-/m0/s1. The summed E-state index contributed by atoms with van der Waals surface area (Å²) in [6.45, 7) is 0. The third kappa shape index (κ3) is 9.04. The molecule has 2 aromatic rings. The number of benzene rings is 2. The van der Waals surface area contributed by atoms with E-state index in [0.29, 0.717) is 29.3 Å². The van der Waals surface area contributed by atoms with Crippen molar-refractivity contribution in [1.82, 2.24) is 10.8 Å². The van der Waals surface area contributed by atoms with E-state index in [4.69, 9.17) is 33.1 Å². The van der Waals surface area contributed by atoms with Crippen molar-refractivity contribution in [2.45, 2.75) is 51.0 Å². The van der Waals surface area contributed by atoms with Crippen LogP contribution in [0, 0.1) is 0 Å². The number of hydroxylamine groups is 1. The number of rotatable bonds is 12. The predicted octanol–water partition coefficient (Wildman–Crippen LogP) is 4.71. The molecule has 1 atom stereocenters. The molecule has 0 saturated heterocycles. The Kier molecular flexibility index (Phi) is 11.2. The molecule has 0 fully saturated rings. The molecule has 0 radical (unpaired) electrons. The quantitative estimate of drug-likeness (QED) is 0.171. The van der Waals surface area contributed by atoms with Gasteiger partial charge in [0.25, 0.3) is 0 Å². The highest BCUT2D eigenvalue weighted by molar-refractivity contribution is 6.42. The first-order chi connectivity index (χ1) is 15.8. The molecule has 9 heteroatoms. The molecular formula is C24H28Cl2N2O5. The molecule has 0 aromatic heterocycles. The normalized spacial score (nSPS) is 11.5. The number of amides is 2. The van der Waals surface area contributed by atoms with Gasteiger partial charge in [0, 0.05) is 19.3 Å². The van der Waals surface area contributed by atoms with Crippen LogP contribution in [0.1, 0.15) is 44.1 Å². The van der Waals surface area contributed by atoms with E-state index in [9.17, 15) is 14.4 Å². The van der Waals surface area contributed by atoms with Gasteiger partial charge in [-0.2, -0.15) is 0 Å². The monoisotopic (exact) mass is 494 g/mol. The number of hydrogen-bond acceptors (Lipinski definition) is 5. The van der Waals surface area contributed by atoms with Crippen LogP contribution in [-0.4, -0.2) is 36.1 Å². The summed E-state index contributed by atoms with van der Waals surface area (Å²) < 4.78 is 4.85. The van der Waals surface area contributed by atoms with Gasteiger partial charge in [-0.25, -0.2) is 10.3 Å². The fraction of sp³-hybridized carbons (Fsp3) is 0.375. The third-order valence-corrected chi connectivity index (χ3v) is 5.89. The lowest BCUT2D eigenvalue weighted by Gasteiger charge is -2.17. The smallest absolute Gasteiger partial charge is 0.328 e. The molecule has 0 aliphatic heterocycles. The summed E-state index contributed by atoms with van der Waals surface area (Å²) in [7, 11) is 1.29. The molecule has 2 rings (SSSR count). The molecular weight excluding hydrogens is 467 g/mol. The van der Waals surface area contributed by atoms with Crippen LogP contribution in [0.15, 0.2) is 42.5 Å². The lowest BCUT2D eigenvalue weighted by Crippen LogP contribution is -2.43. The molecule has 0 aliphatic rings. The average molecular weight is 495 g/mol. The number of nitrogens with one attached hydrogen (secondary N) is 2. The highest BCUT2D eigenvalue weighted by atomic mass is 35.5. The van der Waals surface area contributed by atoms with Gasteiger partial charge in [0.05, 0.1) is 17.2 Å². The van der Waals surface area contributed by atoms with Crippen LogP contribution in [0.25, 0.3) is 11.1 Å². The van der Waals surface area contributed by atoms with Crippen LogP contribution in [0.3, 0.4) is 0 Å². The Balaban J connectivity index is 1.88. The first-order valence-electron chi connectivity index (χ1n) is 10.7. The molecule has 0 aliphatic carbocycles. The summed E-state index contributed by atoms with van der Waals surface area (Å²) in [6, 6.07) is 12.2. The summed E-state index contributed by atoms with van der Waals surface area (Å²) in [6.07, 6.45) is 3.64. The number of ether oxygens (including phenoxy) is 1. The molecule has 2 amide bonds. The van der Waals surface area contributed by atoms with Crippen LogP contribution in [0.5, 0.6) is 0 Å². The molecule has 33 heavy (non-hydrogen) atoms. The minimum atomic E-state index is -0.786. The van der Waals surface area contributed by atoms with E-state index in [2.05, 4.69) is 5.32 Å². The summed E-state index contributed by atoms with van der Waals surface area (Å²) in [5, 5.41) is 12.2. The summed E-state index contributed by atoms with van der Waals surface area (Å²) in [5.74, 6) is -1.16. The van der Waals surface area contributed by atoms with Gasteiger partial charge in [-0.15, -0.1) is 0 Å². The number of esters is 1. The van der Waals surface area contributed by atoms with Gasteiger partial charge in [-0.05, 0) is 41.7 Å². The molecule has 2 aromatic carbocycles. The van der Waals surface area contributed by atoms with Crippen molar-refractivity contribution in [3.8, 4) is 11.1 Å². The maximum Gasteiger partial charge on any atom is 0.328 e. The van der Waals surface area contributed by atoms with Crippen molar-refractivity contribution >= 4 is 41.0 Å². The minimum absolute atomic E-state index is 0.231. The number of unbranched alkanes of at least 4 members (excludes halogenated alkanes) is 3. The van der Waals surface area contributed by atoms with Crippen LogP contribution in [-0.2, 0) is 25.5 Å². The summed E-state index contributed by atoms with van der Waals surface area (Å²) in [5.41, 5.74) is 4.34. The van der Waals surface area contributed by atoms with Crippen molar-refractivity contribution in [2.24, 2.45) is 0 Å². The van der Waals surface area contributed by atoms with Gasteiger partial charge in [0.2, 0.25) is 11.8 Å². The summed E-state index contributed by atoms with van der Waals surface area (Å²) in [4.78, 5) is 35.5. The Labute approximate surface area is 203 Å². The largest absolute Gasteiger partial charge is 0.467 e. The van der Waals surface area contributed by atoms with Crippen LogP contribution in [0.2, 0.25) is 10.0 Å². The maximum absolute atomic E-state index is 12.3. The van der Waals surface area contributed by atoms with Gasteiger partial charge < -0.3 is 10.1 Å². The SMILES string of the molecule is COC(=O)[C@H](Cc1ccc(-c2ccc(Cl)c(Cl)c2)cc1)NC(=O)CCCCCCC(=O)NO. The van der Waals surface area contributed by atoms with E-state index >= 15 is 0 Å². The van der Waals surface area contributed by atoms with E-state index in [-0.39, 0.29) is 18.7 Å². The highest BCUT2D eigenvalue weighted by Gasteiger charge is 2.21. The molecule has 0 spiro atoms. The Bertz CT molecular complexity index is 950. The number of hydrogen-bond donors (Lipinski definition) is 3. The average Bonchev–Trinajstić information content (AvgIpc) is 2.82. The van der Waals surface area contributed by atoms with Crippen molar-refractivity contribution in [1.29, 1.82) is 0 Å². The fourth-order valence-corrected chi connectivity index (χ4v) is 3.63. The molecule has 0 bridgehead atoms. The van der Waals surface area contributed by atoms with Gasteiger partial charge in [0.15, 0.2) is 0 Å². The highest BCUT2D eigenvalue weighted by Crippen LogP contribution is 2.28. The zero-order chi connectivity index (χ0) is 24.2. The van der Waals surface area contributed by atoms with Gasteiger partial charge in [-0.1, -0.05) is 66.4 Å². The van der Waals surface area contributed by atoms with E-state index in [0.717, 1.165) is 29.5 Å². The molecule has 3 N–H and O–H groups in total. The molecule has 0 saturated carbocycles. The topological polar surface area (TPSA) is 105 Å². The molecule has 0 unspecified atom stereocenters. The van der Waals surface area contributed by atoms with Gasteiger partial charge >= 0.3 is 5.97 Å². The van der Waals surface area contributed by atoms with E-state index < -0.39 is 17.9 Å². The van der Waals surface area contributed by atoms with E-state index in [1.807, 2.05) is 30.3 Å². The van der Waals surface area contributed by atoms with Crippen LogP contribution < -0.4 is 10.8 Å². The lowest BCUT2D eigenvalue weighted by atomic mass is 10.0. The minimum Gasteiger partial charge on any atom is -0.467 e. The van der Waals surface area contributed by atoms with Crippen LogP contribution >= 0.6 is 23.2 Å². The van der Waals surface area contributed by atoms with Crippen molar-refractivity contribution in [2.75, 3.05) is 7.11 Å². The van der Waals surface area contributed by atoms with Gasteiger partial charge in [-0.3, -0.25) is 14.8 Å². The first-order valence-corrected chi connectivity index (χ1v) is 11.4. The first kappa shape index (κ1) is 26.6. The fourth-order valence-electron chi connectivity index (χ4n) is 3.33. The summed E-state index contributed by atoms with van der Waals surface area (Å²) >= 11 is 12.1. The predicted molar refractivity (Wildman–Crippen MR) is 127 cm³/mol. The van der Waals surface area contributed by atoms with Crippen molar-refractivity contribution in [3.05, 3.63) is 58.1 Å². The van der Waals surface area contributed by atoms with Crippen molar-refractivity contribution in [3.63, 3.8) is 0 Å². The maximum atomic E-state index is 12.3. The molecule has 7 nitrogen and oxygen atoms in total. The van der Waals surface area contributed by atoms with Crippen molar-refractivity contribution < 1.29 is 24.3 Å². The van der Waals surface area contributed by atoms with Gasteiger partial charge in [0.1, 0.15) is 6.04 Å². The Morgan fingerprint density at radius 2 is 1.48 bits per heavy atom.